The second-order valence-electron chi connectivity index (χ2n) is 5.96. The zero-order valence-electron chi connectivity index (χ0n) is 13.1. The molecule has 1 aliphatic heterocycles. The van der Waals surface area contributed by atoms with Crippen LogP contribution < -0.4 is 5.32 Å². The number of nitro groups is 1. The molecule has 0 bridgehead atoms. The molecule has 0 spiro atoms. The minimum Gasteiger partial charge on any atom is -0.374 e. The SMILES string of the molecule is CCn1nc(C)c([N+](=O)[O-])c1NC[C@H]1CN(C2CC2)CCO1. The van der Waals surface area contributed by atoms with Crippen LogP contribution in [0.1, 0.15) is 25.5 Å². The molecule has 0 unspecified atom stereocenters. The average molecular weight is 309 g/mol. The molecule has 1 saturated heterocycles. The summed E-state index contributed by atoms with van der Waals surface area (Å²) in [6, 6.07) is 0.726. The Morgan fingerprint density at radius 1 is 1.50 bits per heavy atom. The smallest absolute Gasteiger partial charge is 0.333 e. The van der Waals surface area contributed by atoms with Crippen molar-refractivity contribution >= 4 is 11.5 Å². The number of rotatable bonds is 6. The lowest BCUT2D eigenvalue weighted by Crippen LogP contribution is -2.46. The van der Waals surface area contributed by atoms with E-state index in [0.29, 0.717) is 24.6 Å². The van der Waals surface area contributed by atoms with Crippen LogP contribution in [0.2, 0.25) is 0 Å². The van der Waals surface area contributed by atoms with Crippen molar-refractivity contribution in [1.82, 2.24) is 14.7 Å². The second kappa shape index (κ2) is 6.21. The van der Waals surface area contributed by atoms with Crippen LogP contribution in [0.15, 0.2) is 0 Å². The molecule has 8 heteroatoms. The van der Waals surface area contributed by atoms with E-state index in [0.717, 1.165) is 25.7 Å². The van der Waals surface area contributed by atoms with Crippen LogP contribution in [-0.2, 0) is 11.3 Å². The number of hydrogen-bond acceptors (Lipinski definition) is 6. The first-order valence-electron chi connectivity index (χ1n) is 7.91. The van der Waals surface area contributed by atoms with Gasteiger partial charge in [-0.05, 0) is 26.7 Å². The maximum atomic E-state index is 11.2. The summed E-state index contributed by atoms with van der Waals surface area (Å²) in [5.74, 6) is 0.483. The number of anilines is 1. The fourth-order valence-corrected chi connectivity index (χ4v) is 3.04. The molecule has 122 valence electrons. The molecule has 1 N–H and O–H groups in total. The van der Waals surface area contributed by atoms with Gasteiger partial charge in [0, 0.05) is 32.2 Å². The minimum atomic E-state index is -0.366. The summed E-state index contributed by atoms with van der Waals surface area (Å²) in [4.78, 5) is 13.3. The largest absolute Gasteiger partial charge is 0.374 e. The summed E-state index contributed by atoms with van der Waals surface area (Å²) < 4.78 is 7.43. The number of nitrogens with zero attached hydrogens (tertiary/aromatic N) is 4. The van der Waals surface area contributed by atoms with E-state index in [-0.39, 0.29) is 16.7 Å². The van der Waals surface area contributed by atoms with Crippen molar-refractivity contribution in [2.45, 2.75) is 45.4 Å². The molecule has 1 aliphatic carbocycles. The lowest BCUT2D eigenvalue weighted by Gasteiger charge is -2.33. The third-order valence-corrected chi connectivity index (χ3v) is 4.31. The highest BCUT2D eigenvalue weighted by Crippen LogP contribution is 2.30. The quantitative estimate of drug-likeness (QED) is 0.631. The number of hydrogen-bond donors (Lipinski definition) is 1. The summed E-state index contributed by atoms with van der Waals surface area (Å²) in [7, 11) is 0. The lowest BCUT2D eigenvalue weighted by atomic mass is 10.2. The minimum absolute atomic E-state index is 0.0643. The Hall–Kier alpha value is -1.67. The van der Waals surface area contributed by atoms with Crippen LogP contribution in [0.25, 0.3) is 0 Å². The Morgan fingerprint density at radius 3 is 2.91 bits per heavy atom. The zero-order valence-corrected chi connectivity index (χ0v) is 13.1. The van der Waals surface area contributed by atoms with Gasteiger partial charge in [0.2, 0.25) is 5.82 Å². The van der Waals surface area contributed by atoms with E-state index in [1.54, 1.807) is 11.6 Å². The van der Waals surface area contributed by atoms with Gasteiger partial charge in [-0.1, -0.05) is 0 Å². The molecule has 22 heavy (non-hydrogen) atoms. The van der Waals surface area contributed by atoms with Crippen molar-refractivity contribution in [3.8, 4) is 0 Å². The fourth-order valence-electron chi connectivity index (χ4n) is 3.04. The first-order chi connectivity index (χ1) is 10.6. The van der Waals surface area contributed by atoms with Crippen LogP contribution >= 0.6 is 0 Å². The maximum Gasteiger partial charge on any atom is 0.333 e. The van der Waals surface area contributed by atoms with E-state index in [1.807, 2.05) is 6.92 Å². The van der Waals surface area contributed by atoms with Crippen LogP contribution in [-0.4, -0.2) is 58.0 Å². The summed E-state index contributed by atoms with van der Waals surface area (Å²) >= 11 is 0. The molecular weight excluding hydrogens is 286 g/mol. The Kier molecular flexibility index (Phi) is 4.30. The van der Waals surface area contributed by atoms with Gasteiger partial charge in [-0.2, -0.15) is 5.10 Å². The highest BCUT2D eigenvalue weighted by Gasteiger charge is 2.33. The fraction of sp³-hybridized carbons (Fsp3) is 0.786. The molecule has 1 aromatic heterocycles. The normalized spacial score (nSPS) is 22.7. The molecule has 1 aromatic rings. The van der Waals surface area contributed by atoms with E-state index in [4.69, 9.17) is 4.74 Å². The summed E-state index contributed by atoms with van der Waals surface area (Å²) in [5.41, 5.74) is 0.509. The van der Waals surface area contributed by atoms with Crippen molar-refractivity contribution in [1.29, 1.82) is 0 Å². The molecule has 1 atom stereocenters. The summed E-state index contributed by atoms with van der Waals surface area (Å²) in [6.45, 7) is 7.37. The first-order valence-corrected chi connectivity index (χ1v) is 7.91. The van der Waals surface area contributed by atoms with Gasteiger partial charge in [0.05, 0.1) is 17.6 Å². The highest BCUT2D eigenvalue weighted by molar-refractivity contribution is 5.59. The third-order valence-electron chi connectivity index (χ3n) is 4.31. The van der Waals surface area contributed by atoms with Crippen LogP contribution in [0.4, 0.5) is 11.5 Å². The highest BCUT2D eigenvalue weighted by atomic mass is 16.6. The van der Waals surface area contributed by atoms with Gasteiger partial charge in [-0.3, -0.25) is 15.0 Å². The van der Waals surface area contributed by atoms with Crippen molar-refractivity contribution in [3.63, 3.8) is 0 Å². The molecule has 1 saturated carbocycles. The molecule has 0 aromatic carbocycles. The standard InChI is InChI=1S/C14H23N5O3/c1-3-18-14(13(19(20)21)10(2)16-18)15-8-12-9-17(6-7-22-12)11-4-5-11/h11-12,15H,3-9H2,1-2H3/t12-/m0/s1. The molecule has 2 aliphatic rings. The first kappa shape index (κ1) is 15.2. The van der Waals surface area contributed by atoms with Gasteiger partial charge in [-0.25, -0.2) is 4.68 Å². The molecule has 3 rings (SSSR count). The average Bonchev–Trinajstić information content (AvgIpc) is 3.29. The van der Waals surface area contributed by atoms with Gasteiger partial charge in [0.1, 0.15) is 5.69 Å². The predicted octanol–water partition coefficient (Wildman–Crippen LogP) is 1.39. The van der Waals surface area contributed by atoms with Crippen molar-refractivity contribution in [3.05, 3.63) is 15.8 Å². The number of aryl methyl sites for hydroxylation is 2. The number of morpholine rings is 1. The van der Waals surface area contributed by atoms with Gasteiger partial charge in [0.15, 0.2) is 0 Å². The third kappa shape index (κ3) is 3.07. The Morgan fingerprint density at radius 2 is 2.27 bits per heavy atom. The maximum absolute atomic E-state index is 11.2. The van der Waals surface area contributed by atoms with Crippen LogP contribution in [0.3, 0.4) is 0 Å². The second-order valence-corrected chi connectivity index (χ2v) is 5.96. The van der Waals surface area contributed by atoms with E-state index in [1.165, 1.54) is 12.8 Å². The molecule has 2 fully saturated rings. The zero-order chi connectivity index (χ0) is 15.7. The Bertz CT molecular complexity index is 555. The van der Waals surface area contributed by atoms with Crippen molar-refractivity contribution in [2.75, 3.05) is 31.6 Å². The van der Waals surface area contributed by atoms with Gasteiger partial charge >= 0.3 is 5.69 Å². The summed E-state index contributed by atoms with van der Waals surface area (Å²) in [5, 5.41) is 18.7. The van der Waals surface area contributed by atoms with Gasteiger partial charge in [0.25, 0.3) is 0 Å². The van der Waals surface area contributed by atoms with E-state index in [2.05, 4.69) is 15.3 Å². The number of aromatic nitrogens is 2. The molecule has 0 amide bonds. The monoisotopic (exact) mass is 309 g/mol. The molecule has 0 radical (unpaired) electrons. The van der Waals surface area contributed by atoms with E-state index in [9.17, 15) is 10.1 Å². The van der Waals surface area contributed by atoms with Crippen LogP contribution in [0.5, 0.6) is 0 Å². The van der Waals surface area contributed by atoms with Gasteiger partial charge in [-0.15, -0.1) is 0 Å². The number of ether oxygens (including phenoxy) is 1. The summed E-state index contributed by atoms with van der Waals surface area (Å²) in [6.07, 6.45) is 2.63. The van der Waals surface area contributed by atoms with Crippen LogP contribution in [0, 0.1) is 17.0 Å². The lowest BCUT2D eigenvalue weighted by molar-refractivity contribution is -0.384. The van der Waals surface area contributed by atoms with Crippen molar-refractivity contribution < 1.29 is 9.66 Å². The van der Waals surface area contributed by atoms with Crippen molar-refractivity contribution in [2.24, 2.45) is 0 Å². The van der Waals surface area contributed by atoms with E-state index < -0.39 is 0 Å². The predicted molar refractivity (Wildman–Crippen MR) is 82.1 cm³/mol. The Balaban J connectivity index is 1.66. The number of nitrogens with one attached hydrogen (secondary N) is 1. The molecule has 2 heterocycles. The topological polar surface area (TPSA) is 85.5 Å². The molecule has 8 nitrogen and oxygen atoms in total. The van der Waals surface area contributed by atoms with Gasteiger partial charge < -0.3 is 10.1 Å². The Labute approximate surface area is 129 Å². The van der Waals surface area contributed by atoms with E-state index >= 15 is 0 Å². The molecular formula is C14H23N5O3.